The van der Waals surface area contributed by atoms with Gasteiger partial charge >= 0.3 is 0 Å². The van der Waals surface area contributed by atoms with Crippen molar-refractivity contribution < 1.29 is 4.79 Å². The van der Waals surface area contributed by atoms with Crippen molar-refractivity contribution in [2.45, 2.75) is 6.92 Å². The lowest BCUT2D eigenvalue weighted by Gasteiger charge is -1.74. The van der Waals surface area contributed by atoms with Crippen LogP contribution in [0.1, 0.15) is 16.3 Å². The van der Waals surface area contributed by atoms with Gasteiger partial charge in [0.15, 0.2) is 12.1 Å². The quantitative estimate of drug-likeness (QED) is 0.536. The van der Waals surface area contributed by atoms with Gasteiger partial charge in [0.25, 0.3) is 0 Å². The number of H-pyrrole nitrogens is 1. The van der Waals surface area contributed by atoms with Crippen LogP contribution in [0.25, 0.3) is 0 Å². The highest BCUT2D eigenvalue weighted by Gasteiger charge is 1.89. The van der Waals surface area contributed by atoms with Crippen molar-refractivity contribution in [1.82, 2.24) is 9.97 Å². The van der Waals surface area contributed by atoms with Gasteiger partial charge in [-0.05, 0) is 6.92 Å². The van der Waals surface area contributed by atoms with Crippen molar-refractivity contribution in [3.05, 3.63) is 17.7 Å². The number of nitrogens with zero attached hydrogens (tertiary/aromatic N) is 1. The molecule has 0 bridgehead atoms. The number of carbonyl (C=O) groups excluding carboxylic acids is 1. The van der Waals surface area contributed by atoms with Crippen LogP contribution in [0.4, 0.5) is 0 Å². The van der Waals surface area contributed by atoms with Crippen LogP contribution in [0.15, 0.2) is 6.20 Å². The van der Waals surface area contributed by atoms with E-state index < -0.39 is 0 Å². The first-order valence-electron chi connectivity index (χ1n) is 2.29. The summed E-state index contributed by atoms with van der Waals surface area (Å²) in [6.45, 7) is 1.85. The Balaban J connectivity index is 3.00. The van der Waals surface area contributed by atoms with Crippen molar-refractivity contribution in [3.8, 4) is 0 Å². The monoisotopic (exact) mass is 110 g/mol. The summed E-state index contributed by atoms with van der Waals surface area (Å²) in [5.41, 5.74) is 0.909. The van der Waals surface area contributed by atoms with Gasteiger partial charge in [0.1, 0.15) is 0 Å². The van der Waals surface area contributed by atoms with Gasteiger partial charge in [-0.1, -0.05) is 0 Å². The second-order valence-electron chi connectivity index (χ2n) is 1.57. The molecule has 0 spiro atoms. The zero-order chi connectivity index (χ0) is 5.98. The number of aromatic amines is 1. The van der Waals surface area contributed by atoms with Crippen LogP contribution in [-0.4, -0.2) is 16.3 Å². The largest absolute Gasteiger partial charge is 0.340 e. The van der Waals surface area contributed by atoms with E-state index >= 15 is 0 Å². The van der Waals surface area contributed by atoms with Crippen LogP contribution >= 0.6 is 0 Å². The van der Waals surface area contributed by atoms with Crippen LogP contribution in [0.3, 0.4) is 0 Å². The average Bonchev–Trinajstić information content (AvgIpc) is 2.14. The van der Waals surface area contributed by atoms with Gasteiger partial charge in [0.05, 0.1) is 0 Å². The standard InChI is InChI=1S/C5H6N2O/c1-4-2-6-5(3-8)7-4/h2-3H,1H3,(H,6,7). The van der Waals surface area contributed by atoms with Crippen molar-refractivity contribution in [2.75, 3.05) is 0 Å². The van der Waals surface area contributed by atoms with Crippen molar-refractivity contribution in [2.24, 2.45) is 0 Å². The molecule has 1 aromatic heterocycles. The van der Waals surface area contributed by atoms with E-state index in [-0.39, 0.29) is 0 Å². The maximum atomic E-state index is 9.93. The highest BCUT2D eigenvalue weighted by Crippen LogP contribution is 1.89. The van der Waals surface area contributed by atoms with E-state index in [0.29, 0.717) is 12.1 Å². The van der Waals surface area contributed by atoms with Crippen LogP contribution in [0.2, 0.25) is 0 Å². The lowest BCUT2D eigenvalue weighted by Crippen LogP contribution is -1.79. The third-order valence-corrected chi connectivity index (χ3v) is 0.834. The number of hydrogen-bond donors (Lipinski definition) is 1. The third-order valence-electron chi connectivity index (χ3n) is 0.834. The van der Waals surface area contributed by atoms with E-state index in [1.807, 2.05) is 6.92 Å². The molecule has 0 saturated heterocycles. The second kappa shape index (κ2) is 1.78. The Morgan fingerprint density at radius 1 is 1.88 bits per heavy atom. The minimum atomic E-state index is 0.391. The van der Waals surface area contributed by atoms with E-state index in [1.54, 1.807) is 6.20 Å². The van der Waals surface area contributed by atoms with E-state index in [4.69, 9.17) is 0 Å². The van der Waals surface area contributed by atoms with Gasteiger partial charge in [-0.25, -0.2) is 4.98 Å². The molecular weight excluding hydrogens is 104 g/mol. The molecule has 3 nitrogen and oxygen atoms in total. The van der Waals surface area contributed by atoms with Gasteiger partial charge < -0.3 is 4.98 Å². The fraction of sp³-hybridized carbons (Fsp3) is 0.200. The van der Waals surface area contributed by atoms with Crippen LogP contribution in [-0.2, 0) is 0 Å². The molecule has 0 atom stereocenters. The summed E-state index contributed by atoms with van der Waals surface area (Å²) in [5, 5.41) is 0. The molecule has 0 aromatic carbocycles. The highest BCUT2D eigenvalue weighted by molar-refractivity contribution is 5.68. The molecule has 0 aliphatic heterocycles. The fourth-order valence-corrected chi connectivity index (χ4v) is 0.493. The van der Waals surface area contributed by atoms with Crippen molar-refractivity contribution in [3.63, 3.8) is 0 Å². The summed E-state index contributed by atoms with van der Waals surface area (Å²) in [6, 6.07) is 0. The summed E-state index contributed by atoms with van der Waals surface area (Å²) in [5.74, 6) is 0.391. The van der Waals surface area contributed by atoms with Gasteiger partial charge in [0.2, 0.25) is 0 Å². The molecule has 1 heterocycles. The topological polar surface area (TPSA) is 45.8 Å². The molecule has 1 N–H and O–H groups in total. The number of aryl methyl sites for hydroxylation is 1. The molecule has 3 heteroatoms. The molecule has 0 fully saturated rings. The summed E-state index contributed by atoms with van der Waals surface area (Å²) >= 11 is 0. The predicted molar refractivity (Wildman–Crippen MR) is 28.7 cm³/mol. The molecule has 1 rings (SSSR count). The predicted octanol–water partition coefficient (Wildman–Crippen LogP) is 0.531. The maximum absolute atomic E-state index is 9.93. The Hall–Kier alpha value is -1.12. The number of imidazole rings is 1. The Morgan fingerprint density at radius 2 is 2.62 bits per heavy atom. The highest BCUT2D eigenvalue weighted by atomic mass is 16.1. The molecule has 0 aliphatic carbocycles. The van der Waals surface area contributed by atoms with Crippen LogP contribution < -0.4 is 0 Å². The Morgan fingerprint density at radius 3 is 2.88 bits per heavy atom. The molecule has 0 radical (unpaired) electrons. The summed E-state index contributed by atoms with van der Waals surface area (Å²) < 4.78 is 0. The van der Waals surface area contributed by atoms with Gasteiger partial charge in [-0.15, -0.1) is 0 Å². The average molecular weight is 110 g/mol. The lowest BCUT2D eigenvalue weighted by molar-refractivity contribution is 0.111. The number of carbonyl (C=O) groups is 1. The van der Waals surface area contributed by atoms with E-state index in [1.165, 1.54) is 0 Å². The second-order valence-corrected chi connectivity index (χ2v) is 1.57. The molecule has 42 valence electrons. The smallest absolute Gasteiger partial charge is 0.185 e. The van der Waals surface area contributed by atoms with E-state index in [2.05, 4.69) is 9.97 Å². The van der Waals surface area contributed by atoms with Crippen molar-refractivity contribution in [1.29, 1.82) is 0 Å². The Bertz CT molecular complexity index is 192. The number of nitrogens with one attached hydrogen (secondary N) is 1. The third kappa shape index (κ3) is 0.753. The summed E-state index contributed by atoms with van der Waals surface area (Å²) in [4.78, 5) is 16.4. The molecule has 0 aliphatic rings. The normalized spacial score (nSPS) is 9.12. The van der Waals surface area contributed by atoms with Crippen molar-refractivity contribution >= 4 is 6.29 Å². The summed E-state index contributed by atoms with van der Waals surface area (Å²) in [7, 11) is 0. The molecule has 1 aromatic rings. The Kier molecular flexibility index (Phi) is 1.12. The fourth-order valence-electron chi connectivity index (χ4n) is 0.493. The van der Waals surface area contributed by atoms with E-state index in [9.17, 15) is 4.79 Å². The first kappa shape index (κ1) is 5.03. The van der Waals surface area contributed by atoms with Gasteiger partial charge in [-0.2, -0.15) is 0 Å². The first-order valence-corrected chi connectivity index (χ1v) is 2.29. The maximum Gasteiger partial charge on any atom is 0.185 e. The van der Waals surface area contributed by atoms with E-state index in [0.717, 1.165) is 5.69 Å². The SMILES string of the molecule is Cc1cnc(C=O)[nH]1. The molecule has 0 amide bonds. The lowest BCUT2D eigenvalue weighted by atomic mass is 10.6. The number of hydrogen-bond acceptors (Lipinski definition) is 2. The van der Waals surface area contributed by atoms with Gasteiger partial charge in [0, 0.05) is 11.9 Å². The molecule has 0 saturated carbocycles. The van der Waals surface area contributed by atoms with Crippen LogP contribution in [0, 0.1) is 6.92 Å². The first-order chi connectivity index (χ1) is 3.83. The molecular formula is C5H6N2O. The number of aldehydes is 1. The molecule has 8 heavy (non-hydrogen) atoms. The zero-order valence-corrected chi connectivity index (χ0v) is 4.51. The van der Waals surface area contributed by atoms with Gasteiger partial charge in [-0.3, -0.25) is 4.79 Å². The molecule has 0 unspecified atom stereocenters. The summed E-state index contributed by atoms with van der Waals surface area (Å²) in [6.07, 6.45) is 2.30. The minimum absolute atomic E-state index is 0.391. The Labute approximate surface area is 46.8 Å². The van der Waals surface area contributed by atoms with Crippen LogP contribution in [0.5, 0.6) is 0 Å². The zero-order valence-electron chi connectivity index (χ0n) is 4.51. The number of aromatic nitrogens is 2. The minimum Gasteiger partial charge on any atom is -0.340 e. The number of rotatable bonds is 1.